The van der Waals surface area contributed by atoms with Gasteiger partial charge in [0, 0.05) is 16.7 Å². The summed E-state index contributed by atoms with van der Waals surface area (Å²) in [7, 11) is 0. The molecule has 0 aliphatic heterocycles. The molecule has 0 amide bonds. The van der Waals surface area contributed by atoms with E-state index in [9.17, 15) is 10.2 Å². The Balaban J connectivity index is 2.07. The summed E-state index contributed by atoms with van der Waals surface area (Å²) in [6, 6.07) is 0. The molecule has 6 atom stereocenters. The zero-order valence-corrected chi connectivity index (χ0v) is 14.6. The fraction of sp³-hybridized carbons (Fsp3) is 0.800. The third-order valence-electron chi connectivity index (χ3n) is 7.28. The molecule has 0 unspecified atom stereocenters. The summed E-state index contributed by atoms with van der Waals surface area (Å²) >= 11 is 0. The van der Waals surface area contributed by atoms with Crippen molar-refractivity contribution in [3.63, 3.8) is 0 Å². The maximum Gasteiger partial charge on any atom is 0.0623 e. The van der Waals surface area contributed by atoms with Crippen LogP contribution >= 0.6 is 0 Å². The molecule has 2 saturated carbocycles. The highest BCUT2D eigenvalue weighted by atomic mass is 16.3. The minimum absolute atomic E-state index is 0.105. The first kappa shape index (κ1) is 16.3. The fourth-order valence-electron chi connectivity index (χ4n) is 6.08. The normalized spacial score (nSPS) is 50.5. The van der Waals surface area contributed by atoms with Crippen molar-refractivity contribution in [1.82, 2.24) is 0 Å². The molecule has 2 heteroatoms. The van der Waals surface area contributed by atoms with Crippen molar-refractivity contribution in [3.8, 4) is 0 Å². The standard InChI is InChI=1S/C20H32O2/c1-6-19(4)11-13-7-8-15-18(2,3)10-9-16(22)20(15,5)17(13)14(21)12-19/h6,11,14-17,21-22H,1,7-10,12H2,2-5H3/t14-,15+,16+,17-,19+,20-/m1/s1. The summed E-state index contributed by atoms with van der Waals surface area (Å²) < 4.78 is 0. The van der Waals surface area contributed by atoms with Crippen LogP contribution in [0.2, 0.25) is 0 Å². The maximum absolute atomic E-state index is 11.0. The van der Waals surface area contributed by atoms with Crippen LogP contribution in [0.25, 0.3) is 0 Å². The lowest BCUT2D eigenvalue weighted by Gasteiger charge is -2.62. The lowest BCUT2D eigenvalue weighted by Crippen LogP contribution is -2.60. The second-order valence-electron chi connectivity index (χ2n) is 9.18. The third-order valence-corrected chi connectivity index (χ3v) is 7.28. The molecule has 3 aliphatic carbocycles. The van der Waals surface area contributed by atoms with Crippen LogP contribution < -0.4 is 0 Å². The van der Waals surface area contributed by atoms with Crippen LogP contribution in [0.4, 0.5) is 0 Å². The van der Waals surface area contributed by atoms with Crippen LogP contribution in [0.3, 0.4) is 0 Å². The molecule has 124 valence electrons. The minimum atomic E-state index is -0.376. The van der Waals surface area contributed by atoms with E-state index in [0.717, 1.165) is 32.1 Å². The molecule has 0 radical (unpaired) electrons. The molecule has 0 spiro atoms. The van der Waals surface area contributed by atoms with Crippen molar-refractivity contribution in [3.05, 3.63) is 24.3 Å². The Bertz CT molecular complexity index is 506. The molecular weight excluding hydrogens is 272 g/mol. The predicted molar refractivity (Wildman–Crippen MR) is 90.4 cm³/mol. The molecular formula is C20H32O2. The van der Waals surface area contributed by atoms with E-state index in [4.69, 9.17) is 0 Å². The largest absolute Gasteiger partial charge is 0.393 e. The molecule has 0 saturated heterocycles. The van der Waals surface area contributed by atoms with Gasteiger partial charge in [-0.3, -0.25) is 0 Å². The highest BCUT2D eigenvalue weighted by Gasteiger charge is 2.60. The Kier molecular flexibility index (Phi) is 3.66. The van der Waals surface area contributed by atoms with Crippen LogP contribution in [0.1, 0.15) is 59.8 Å². The van der Waals surface area contributed by atoms with Crippen molar-refractivity contribution in [2.45, 2.75) is 72.0 Å². The van der Waals surface area contributed by atoms with E-state index in [0.29, 0.717) is 5.92 Å². The SMILES string of the molecule is C=C[C@@]1(C)C=C2CC[C@H]3C(C)(C)CC[C@H](O)[C@]3(C)[C@H]2[C@H](O)C1. The quantitative estimate of drug-likeness (QED) is 0.717. The van der Waals surface area contributed by atoms with Crippen molar-refractivity contribution >= 4 is 0 Å². The van der Waals surface area contributed by atoms with Gasteiger partial charge in [-0.1, -0.05) is 45.4 Å². The van der Waals surface area contributed by atoms with Crippen LogP contribution in [0.15, 0.2) is 24.3 Å². The number of rotatable bonds is 1. The number of hydrogen-bond donors (Lipinski definition) is 2. The Morgan fingerprint density at radius 1 is 1.18 bits per heavy atom. The van der Waals surface area contributed by atoms with Crippen LogP contribution in [0.5, 0.6) is 0 Å². The first-order chi connectivity index (χ1) is 10.1. The average molecular weight is 304 g/mol. The highest BCUT2D eigenvalue weighted by Crippen LogP contribution is 2.63. The molecule has 3 rings (SSSR count). The molecule has 0 heterocycles. The van der Waals surface area contributed by atoms with Crippen molar-refractivity contribution in [1.29, 1.82) is 0 Å². The molecule has 0 bridgehead atoms. The third kappa shape index (κ3) is 2.14. The van der Waals surface area contributed by atoms with Gasteiger partial charge < -0.3 is 10.2 Å². The smallest absolute Gasteiger partial charge is 0.0623 e. The summed E-state index contributed by atoms with van der Waals surface area (Å²) in [6.45, 7) is 13.0. The van der Waals surface area contributed by atoms with Gasteiger partial charge in [0.15, 0.2) is 0 Å². The Morgan fingerprint density at radius 2 is 1.86 bits per heavy atom. The van der Waals surface area contributed by atoms with Gasteiger partial charge in [0.05, 0.1) is 12.2 Å². The molecule has 22 heavy (non-hydrogen) atoms. The minimum Gasteiger partial charge on any atom is -0.393 e. The zero-order valence-electron chi connectivity index (χ0n) is 14.6. The molecule has 3 aliphatic rings. The Labute approximate surface area is 135 Å². The lowest BCUT2D eigenvalue weighted by molar-refractivity contribution is -0.163. The predicted octanol–water partition coefficient (Wildman–Crippen LogP) is 4.08. The Morgan fingerprint density at radius 3 is 2.50 bits per heavy atom. The summed E-state index contributed by atoms with van der Waals surface area (Å²) in [5.74, 6) is 0.586. The van der Waals surface area contributed by atoms with E-state index < -0.39 is 0 Å². The molecule has 0 aromatic carbocycles. The number of hydrogen-bond acceptors (Lipinski definition) is 2. The van der Waals surface area contributed by atoms with Crippen molar-refractivity contribution in [2.24, 2.45) is 28.1 Å². The second kappa shape index (κ2) is 4.95. The summed E-state index contributed by atoms with van der Waals surface area (Å²) in [4.78, 5) is 0. The van der Waals surface area contributed by atoms with Gasteiger partial charge in [-0.15, -0.1) is 6.58 Å². The van der Waals surface area contributed by atoms with Gasteiger partial charge in [0.25, 0.3) is 0 Å². The van der Waals surface area contributed by atoms with Crippen LogP contribution in [-0.4, -0.2) is 22.4 Å². The second-order valence-corrected chi connectivity index (χ2v) is 9.18. The number of aliphatic hydroxyl groups excluding tert-OH is 2. The monoisotopic (exact) mass is 304 g/mol. The van der Waals surface area contributed by atoms with Gasteiger partial charge in [-0.05, 0) is 43.4 Å². The topological polar surface area (TPSA) is 40.5 Å². The lowest BCUT2D eigenvalue weighted by atomic mass is 9.44. The van der Waals surface area contributed by atoms with E-state index in [1.807, 2.05) is 6.08 Å². The number of aliphatic hydroxyl groups is 2. The van der Waals surface area contributed by atoms with E-state index in [1.165, 1.54) is 5.57 Å². The molecule has 2 N–H and O–H groups in total. The highest BCUT2D eigenvalue weighted by molar-refractivity contribution is 5.29. The van der Waals surface area contributed by atoms with Gasteiger partial charge in [-0.2, -0.15) is 0 Å². The van der Waals surface area contributed by atoms with E-state index >= 15 is 0 Å². The summed E-state index contributed by atoms with van der Waals surface area (Å²) in [5.41, 5.74) is 1.30. The number of fused-ring (bicyclic) bond motifs is 3. The van der Waals surface area contributed by atoms with Gasteiger partial charge >= 0.3 is 0 Å². The summed E-state index contributed by atoms with van der Waals surface area (Å²) in [5, 5.41) is 21.8. The number of allylic oxidation sites excluding steroid dienone is 2. The van der Waals surface area contributed by atoms with Gasteiger partial charge in [0.2, 0.25) is 0 Å². The first-order valence-electron chi connectivity index (χ1n) is 8.85. The van der Waals surface area contributed by atoms with Crippen molar-refractivity contribution in [2.75, 3.05) is 0 Å². The maximum atomic E-state index is 11.0. The molecule has 0 aromatic heterocycles. The zero-order chi connectivity index (χ0) is 16.3. The first-order valence-corrected chi connectivity index (χ1v) is 8.85. The van der Waals surface area contributed by atoms with E-state index in [-0.39, 0.29) is 34.4 Å². The molecule has 0 aromatic rings. The molecule has 2 fully saturated rings. The fourth-order valence-corrected chi connectivity index (χ4v) is 6.08. The van der Waals surface area contributed by atoms with Gasteiger partial charge in [-0.25, -0.2) is 0 Å². The Hall–Kier alpha value is -0.600. The summed E-state index contributed by atoms with van der Waals surface area (Å²) in [6.07, 6.45) is 8.48. The van der Waals surface area contributed by atoms with E-state index in [1.54, 1.807) is 0 Å². The van der Waals surface area contributed by atoms with Crippen molar-refractivity contribution < 1.29 is 10.2 Å². The average Bonchev–Trinajstić information content (AvgIpc) is 2.42. The van der Waals surface area contributed by atoms with Gasteiger partial charge in [0.1, 0.15) is 0 Å². The molecule has 2 nitrogen and oxygen atoms in total. The van der Waals surface area contributed by atoms with Crippen LogP contribution in [0, 0.1) is 28.1 Å². The van der Waals surface area contributed by atoms with E-state index in [2.05, 4.69) is 40.3 Å². The van der Waals surface area contributed by atoms with Crippen LogP contribution in [-0.2, 0) is 0 Å².